The summed E-state index contributed by atoms with van der Waals surface area (Å²) < 4.78 is 0. The molecule has 20 heavy (non-hydrogen) atoms. The number of nitrogens with zero attached hydrogens (tertiary/aromatic N) is 2. The van der Waals surface area contributed by atoms with Crippen molar-refractivity contribution in [2.24, 2.45) is 5.73 Å². The van der Waals surface area contributed by atoms with Gasteiger partial charge in [-0.3, -0.25) is 9.78 Å². The molecule has 1 aromatic carbocycles. The fourth-order valence-corrected chi connectivity index (χ4v) is 2.65. The number of hydrogen-bond donors (Lipinski definition) is 1. The first-order valence-electron chi connectivity index (χ1n) is 6.84. The summed E-state index contributed by atoms with van der Waals surface area (Å²) in [4.78, 5) is 18.5. The van der Waals surface area contributed by atoms with Crippen LogP contribution in [0.25, 0.3) is 0 Å². The molecule has 3 rings (SSSR count). The van der Waals surface area contributed by atoms with Crippen LogP contribution in [0.2, 0.25) is 0 Å². The van der Waals surface area contributed by atoms with Crippen molar-refractivity contribution in [1.82, 2.24) is 4.98 Å². The minimum atomic E-state index is 0.00133. The highest BCUT2D eigenvalue weighted by atomic mass is 16.2. The van der Waals surface area contributed by atoms with Gasteiger partial charge in [0.1, 0.15) is 0 Å². The third-order valence-electron chi connectivity index (χ3n) is 3.70. The maximum Gasteiger partial charge on any atom is 0.258 e. The summed E-state index contributed by atoms with van der Waals surface area (Å²) in [5, 5.41) is 0. The number of rotatable bonds is 1. The van der Waals surface area contributed by atoms with Gasteiger partial charge in [0, 0.05) is 36.2 Å². The molecule has 0 fully saturated rings. The Kier molecular flexibility index (Phi) is 3.48. The number of amides is 1. The Bertz CT molecular complexity index is 612. The zero-order chi connectivity index (χ0) is 13.9. The van der Waals surface area contributed by atoms with E-state index >= 15 is 0 Å². The van der Waals surface area contributed by atoms with Crippen LogP contribution in [0.5, 0.6) is 0 Å². The van der Waals surface area contributed by atoms with Gasteiger partial charge in [-0.15, -0.1) is 0 Å². The van der Waals surface area contributed by atoms with Crippen LogP contribution in [-0.2, 0) is 0 Å². The second-order valence-electron chi connectivity index (χ2n) is 5.00. The Hall–Kier alpha value is -2.20. The van der Waals surface area contributed by atoms with Crippen molar-refractivity contribution < 1.29 is 4.79 Å². The highest BCUT2D eigenvalue weighted by Gasteiger charge is 2.25. The molecule has 1 aromatic heterocycles. The van der Waals surface area contributed by atoms with Gasteiger partial charge in [0.2, 0.25) is 0 Å². The van der Waals surface area contributed by atoms with E-state index < -0.39 is 0 Å². The zero-order valence-electron chi connectivity index (χ0n) is 11.2. The third kappa shape index (κ3) is 2.30. The number of para-hydroxylation sites is 1. The molecule has 1 aliphatic rings. The summed E-state index contributed by atoms with van der Waals surface area (Å²) in [7, 11) is 0. The predicted octanol–water partition coefficient (Wildman–Crippen LogP) is 2.52. The highest BCUT2D eigenvalue weighted by Crippen LogP contribution is 2.32. The molecular formula is C16H17N3O. The SMILES string of the molecule is NC1CCCN(C(=O)c2ccncc2)c2ccccc21. The Balaban J connectivity index is 2.01. The molecule has 1 amide bonds. The van der Waals surface area contributed by atoms with E-state index in [0.717, 1.165) is 24.1 Å². The molecule has 0 bridgehead atoms. The predicted molar refractivity (Wildman–Crippen MR) is 78.5 cm³/mol. The van der Waals surface area contributed by atoms with E-state index in [0.29, 0.717) is 12.1 Å². The average molecular weight is 267 g/mol. The van der Waals surface area contributed by atoms with E-state index in [4.69, 9.17) is 5.73 Å². The van der Waals surface area contributed by atoms with Crippen molar-refractivity contribution in [2.45, 2.75) is 18.9 Å². The fraction of sp³-hybridized carbons (Fsp3) is 0.250. The molecule has 0 aliphatic carbocycles. The molecular weight excluding hydrogens is 250 g/mol. The van der Waals surface area contributed by atoms with E-state index in [1.54, 1.807) is 24.5 Å². The molecule has 4 heteroatoms. The van der Waals surface area contributed by atoms with Crippen molar-refractivity contribution in [1.29, 1.82) is 0 Å². The quantitative estimate of drug-likeness (QED) is 0.863. The van der Waals surface area contributed by atoms with Crippen LogP contribution >= 0.6 is 0 Å². The summed E-state index contributed by atoms with van der Waals surface area (Å²) in [5.74, 6) is 0.00829. The molecule has 2 N–H and O–H groups in total. The van der Waals surface area contributed by atoms with Gasteiger partial charge in [-0.25, -0.2) is 0 Å². The van der Waals surface area contributed by atoms with E-state index in [1.165, 1.54) is 0 Å². The number of fused-ring (bicyclic) bond motifs is 1. The standard InChI is InChI=1S/C16H17N3O/c17-14-5-3-11-19(15-6-2-1-4-13(14)15)16(20)12-7-9-18-10-8-12/h1-2,4,6-10,14H,3,5,11,17H2. The third-order valence-corrected chi connectivity index (χ3v) is 3.70. The Morgan fingerprint density at radius 3 is 2.75 bits per heavy atom. The molecule has 0 radical (unpaired) electrons. The van der Waals surface area contributed by atoms with Crippen molar-refractivity contribution in [3.05, 3.63) is 59.9 Å². The first-order valence-corrected chi connectivity index (χ1v) is 6.84. The molecule has 102 valence electrons. The van der Waals surface area contributed by atoms with Crippen LogP contribution < -0.4 is 10.6 Å². The van der Waals surface area contributed by atoms with Crippen molar-refractivity contribution in [3.63, 3.8) is 0 Å². The fourth-order valence-electron chi connectivity index (χ4n) is 2.65. The van der Waals surface area contributed by atoms with Crippen LogP contribution in [-0.4, -0.2) is 17.4 Å². The molecule has 2 aromatic rings. The Labute approximate surface area is 118 Å². The van der Waals surface area contributed by atoms with Gasteiger partial charge in [0.05, 0.1) is 0 Å². The number of aromatic nitrogens is 1. The van der Waals surface area contributed by atoms with Crippen LogP contribution in [0.15, 0.2) is 48.8 Å². The maximum absolute atomic E-state index is 12.7. The molecule has 4 nitrogen and oxygen atoms in total. The lowest BCUT2D eigenvalue weighted by molar-refractivity contribution is 0.0987. The van der Waals surface area contributed by atoms with E-state index in [2.05, 4.69) is 4.98 Å². The smallest absolute Gasteiger partial charge is 0.258 e. The van der Waals surface area contributed by atoms with Gasteiger partial charge in [0.25, 0.3) is 5.91 Å². The van der Waals surface area contributed by atoms with Gasteiger partial charge in [-0.1, -0.05) is 18.2 Å². The van der Waals surface area contributed by atoms with Crippen LogP contribution in [0.4, 0.5) is 5.69 Å². The summed E-state index contributed by atoms with van der Waals surface area (Å²) in [6, 6.07) is 11.4. The normalized spacial score (nSPS) is 18.2. The Morgan fingerprint density at radius 1 is 1.20 bits per heavy atom. The number of nitrogens with two attached hydrogens (primary N) is 1. The van der Waals surface area contributed by atoms with Gasteiger partial charge >= 0.3 is 0 Å². The largest absolute Gasteiger partial charge is 0.324 e. The highest BCUT2D eigenvalue weighted by molar-refractivity contribution is 6.06. The number of carbonyl (C=O) groups is 1. The van der Waals surface area contributed by atoms with E-state index in [9.17, 15) is 4.79 Å². The van der Waals surface area contributed by atoms with Gasteiger partial charge in [-0.05, 0) is 36.6 Å². The Morgan fingerprint density at radius 2 is 1.95 bits per heavy atom. The summed E-state index contributed by atoms with van der Waals surface area (Å²) in [6.07, 6.45) is 5.09. The second-order valence-corrected chi connectivity index (χ2v) is 5.00. The van der Waals surface area contributed by atoms with Crippen LogP contribution in [0, 0.1) is 0 Å². The molecule has 0 saturated carbocycles. The summed E-state index contributed by atoms with van der Waals surface area (Å²) in [5.41, 5.74) is 8.84. The van der Waals surface area contributed by atoms with Gasteiger partial charge < -0.3 is 10.6 Å². The van der Waals surface area contributed by atoms with Gasteiger partial charge in [0.15, 0.2) is 0 Å². The van der Waals surface area contributed by atoms with E-state index in [-0.39, 0.29) is 11.9 Å². The topological polar surface area (TPSA) is 59.2 Å². The van der Waals surface area contributed by atoms with E-state index in [1.807, 2.05) is 29.2 Å². The van der Waals surface area contributed by atoms with Crippen molar-refractivity contribution in [3.8, 4) is 0 Å². The number of hydrogen-bond acceptors (Lipinski definition) is 3. The zero-order valence-corrected chi connectivity index (χ0v) is 11.2. The molecule has 0 saturated heterocycles. The molecule has 1 aliphatic heterocycles. The number of pyridine rings is 1. The number of carbonyl (C=O) groups excluding carboxylic acids is 1. The number of anilines is 1. The van der Waals surface area contributed by atoms with Crippen molar-refractivity contribution in [2.75, 3.05) is 11.4 Å². The summed E-state index contributed by atoms with van der Waals surface area (Å²) >= 11 is 0. The van der Waals surface area contributed by atoms with Crippen LogP contribution in [0.1, 0.15) is 34.8 Å². The first kappa shape index (κ1) is 12.8. The molecule has 2 heterocycles. The van der Waals surface area contributed by atoms with Crippen molar-refractivity contribution >= 4 is 11.6 Å². The lowest BCUT2D eigenvalue weighted by atomic mass is 10.0. The minimum absolute atomic E-state index is 0.00133. The monoisotopic (exact) mass is 267 g/mol. The lowest BCUT2D eigenvalue weighted by Crippen LogP contribution is -2.31. The second kappa shape index (κ2) is 5.43. The van der Waals surface area contributed by atoms with Crippen LogP contribution in [0.3, 0.4) is 0 Å². The maximum atomic E-state index is 12.7. The first-order chi connectivity index (χ1) is 9.77. The van der Waals surface area contributed by atoms with Gasteiger partial charge in [-0.2, -0.15) is 0 Å². The summed E-state index contributed by atoms with van der Waals surface area (Å²) in [6.45, 7) is 0.700. The molecule has 1 atom stereocenters. The molecule has 1 unspecified atom stereocenters. The molecule has 0 spiro atoms. The average Bonchev–Trinajstić information content (AvgIpc) is 2.67. The minimum Gasteiger partial charge on any atom is -0.324 e. The lowest BCUT2D eigenvalue weighted by Gasteiger charge is -2.23. The number of benzene rings is 1.